The summed E-state index contributed by atoms with van der Waals surface area (Å²) in [6.07, 6.45) is 5.04. The summed E-state index contributed by atoms with van der Waals surface area (Å²) in [7, 11) is 5.66. The van der Waals surface area contributed by atoms with Crippen molar-refractivity contribution >= 4 is 13.3 Å². The highest BCUT2D eigenvalue weighted by Gasteiger charge is 1.91. The van der Waals surface area contributed by atoms with Crippen molar-refractivity contribution in [3.8, 4) is 0 Å². The van der Waals surface area contributed by atoms with E-state index in [1.807, 2.05) is 12.1 Å². The summed E-state index contributed by atoms with van der Waals surface area (Å²) in [6.45, 7) is 2.22. The molecule has 0 aliphatic carbocycles. The van der Waals surface area contributed by atoms with Crippen molar-refractivity contribution in [1.82, 2.24) is 0 Å². The monoisotopic (exact) mass is 158 g/mol. The minimum absolute atomic E-state index is 0.879. The minimum atomic E-state index is 0.879. The molecule has 0 bridgehead atoms. The molecule has 0 saturated heterocycles. The molecule has 0 nitrogen and oxygen atoms in total. The Bertz CT molecular complexity index is 230. The quantitative estimate of drug-likeness (QED) is 0.465. The van der Waals surface area contributed by atoms with E-state index in [1.54, 1.807) is 0 Å². The summed E-state index contributed by atoms with van der Waals surface area (Å²) in [5, 5.41) is 0. The molecule has 62 valence electrons. The van der Waals surface area contributed by atoms with Crippen LogP contribution in [0.15, 0.2) is 24.3 Å². The maximum Gasteiger partial charge on any atom is 0.113 e. The molecule has 0 unspecified atom stereocenters. The Morgan fingerprint density at radius 3 is 2.75 bits per heavy atom. The molecule has 0 N–H and O–H groups in total. The van der Waals surface area contributed by atoms with E-state index in [4.69, 9.17) is 7.85 Å². The van der Waals surface area contributed by atoms with Crippen molar-refractivity contribution in [1.29, 1.82) is 0 Å². The van der Waals surface area contributed by atoms with Crippen LogP contribution in [-0.2, 0) is 6.42 Å². The number of benzene rings is 1. The van der Waals surface area contributed by atoms with Gasteiger partial charge in [-0.15, -0.1) is 0 Å². The average Bonchev–Trinajstić information content (AvgIpc) is 2.05. The van der Waals surface area contributed by atoms with Crippen LogP contribution in [0, 0.1) is 0 Å². The Balaban J connectivity index is 2.41. The highest BCUT2D eigenvalue weighted by atomic mass is 14.0. The molecular formula is C11H15B. The fourth-order valence-electron chi connectivity index (χ4n) is 1.33. The molecule has 0 spiro atoms. The molecule has 0 fully saturated rings. The van der Waals surface area contributed by atoms with Crippen LogP contribution in [0.1, 0.15) is 31.7 Å². The highest BCUT2D eigenvalue weighted by Crippen LogP contribution is 2.04. The van der Waals surface area contributed by atoms with Gasteiger partial charge >= 0.3 is 0 Å². The fraction of sp³-hybridized carbons (Fsp3) is 0.455. The largest absolute Gasteiger partial charge is 0.113 e. The van der Waals surface area contributed by atoms with Crippen molar-refractivity contribution < 1.29 is 0 Å². The Kier molecular flexibility index (Phi) is 3.92. The van der Waals surface area contributed by atoms with Crippen LogP contribution in [-0.4, -0.2) is 7.85 Å². The van der Waals surface area contributed by atoms with E-state index in [9.17, 15) is 0 Å². The van der Waals surface area contributed by atoms with Crippen LogP contribution < -0.4 is 5.46 Å². The normalized spacial score (nSPS) is 10.1. The van der Waals surface area contributed by atoms with Crippen LogP contribution in [0.2, 0.25) is 0 Å². The van der Waals surface area contributed by atoms with Gasteiger partial charge < -0.3 is 0 Å². The predicted octanol–water partition coefficient (Wildman–Crippen LogP) is 2.21. The molecule has 1 heteroatoms. The van der Waals surface area contributed by atoms with Gasteiger partial charge in [0.05, 0.1) is 0 Å². The Morgan fingerprint density at radius 1 is 1.25 bits per heavy atom. The van der Waals surface area contributed by atoms with E-state index >= 15 is 0 Å². The van der Waals surface area contributed by atoms with Gasteiger partial charge in [-0.1, -0.05) is 49.5 Å². The van der Waals surface area contributed by atoms with E-state index in [2.05, 4.69) is 19.1 Å². The first kappa shape index (κ1) is 9.37. The lowest BCUT2D eigenvalue weighted by molar-refractivity contribution is 0.718. The van der Waals surface area contributed by atoms with Gasteiger partial charge in [0.15, 0.2) is 0 Å². The molecular weight excluding hydrogens is 143 g/mol. The van der Waals surface area contributed by atoms with E-state index < -0.39 is 0 Å². The van der Waals surface area contributed by atoms with E-state index in [0.29, 0.717) is 0 Å². The minimum Gasteiger partial charge on any atom is -0.0964 e. The molecule has 1 aromatic carbocycles. The molecule has 12 heavy (non-hydrogen) atoms. The Hall–Kier alpha value is -0.715. The standard InChI is InChI=1S/C11H15B/c1-2-3-4-6-10-7-5-8-11(12)9-10/h5,7-9H,2-4,6H2,1H3. The highest BCUT2D eigenvalue weighted by molar-refractivity contribution is 6.32. The molecule has 1 rings (SSSR count). The number of hydrogen-bond donors (Lipinski definition) is 0. The molecule has 0 atom stereocenters. The van der Waals surface area contributed by atoms with E-state index in [-0.39, 0.29) is 0 Å². The van der Waals surface area contributed by atoms with Crippen molar-refractivity contribution in [2.75, 3.05) is 0 Å². The van der Waals surface area contributed by atoms with Crippen LogP contribution in [0.4, 0.5) is 0 Å². The van der Waals surface area contributed by atoms with E-state index in [0.717, 1.165) is 5.46 Å². The van der Waals surface area contributed by atoms with Crippen LogP contribution >= 0.6 is 0 Å². The van der Waals surface area contributed by atoms with Gasteiger partial charge in [0.2, 0.25) is 0 Å². The van der Waals surface area contributed by atoms with Crippen LogP contribution in [0.5, 0.6) is 0 Å². The van der Waals surface area contributed by atoms with Crippen molar-refractivity contribution in [3.63, 3.8) is 0 Å². The predicted molar refractivity (Wildman–Crippen MR) is 55.1 cm³/mol. The lowest BCUT2D eigenvalue weighted by Crippen LogP contribution is -2.02. The summed E-state index contributed by atoms with van der Waals surface area (Å²) >= 11 is 0. The molecule has 0 aliphatic heterocycles. The first-order chi connectivity index (χ1) is 5.83. The fourth-order valence-corrected chi connectivity index (χ4v) is 1.33. The summed E-state index contributed by atoms with van der Waals surface area (Å²) in [5.41, 5.74) is 2.24. The molecule has 2 radical (unpaired) electrons. The van der Waals surface area contributed by atoms with Crippen molar-refractivity contribution in [2.45, 2.75) is 32.6 Å². The first-order valence-corrected chi connectivity index (χ1v) is 4.67. The zero-order valence-electron chi connectivity index (χ0n) is 7.72. The molecule has 0 aliphatic rings. The third kappa shape index (κ3) is 3.12. The second-order valence-corrected chi connectivity index (χ2v) is 3.20. The maximum atomic E-state index is 5.66. The van der Waals surface area contributed by atoms with Gasteiger partial charge in [-0.2, -0.15) is 0 Å². The smallest absolute Gasteiger partial charge is 0.0964 e. The summed E-state index contributed by atoms with van der Waals surface area (Å²) in [6, 6.07) is 8.17. The van der Waals surface area contributed by atoms with Gasteiger partial charge in [0.1, 0.15) is 7.85 Å². The second-order valence-electron chi connectivity index (χ2n) is 3.20. The number of unbranched alkanes of at least 4 members (excludes halogenated alkanes) is 2. The topological polar surface area (TPSA) is 0 Å². The SMILES string of the molecule is [B]c1cccc(CCCCC)c1. The van der Waals surface area contributed by atoms with Gasteiger partial charge in [-0.25, -0.2) is 0 Å². The first-order valence-electron chi connectivity index (χ1n) is 4.67. The molecule has 0 saturated carbocycles. The van der Waals surface area contributed by atoms with Crippen molar-refractivity contribution in [3.05, 3.63) is 29.8 Å². The maximum absolute atomic E-state index is 5.66. The van der Waals surface area contributed by atoms with Gasteiger partial charge in [0.25, 0.3) is 0 Å². The van der Waals surface area contributed by atoms with Crippen LogP contribution in [0.25, 0.3) is 0 Å². The summed E-state index contributed by atoms with van der Waals surface area (Å²) in [4.78, 5) is 0. The summed E-state index contributed by atoms with van der Waals surface area (Å²) in [5.74, 6) is 0. The third-order valence-electron chi connectivity index (χ3n) is 2.02. The zero-order chi connectivity index (χ0) is 8.81. The van der Waals surface area contributed by atoms with Crippen molar-refractivity contribution in [2.24, 2.45) is 0 Å². The van der Waals surface area contributed by atoms with Gasteiger partial charge in [-0.3, -0.25) is 0 Å². The second kappa shape index (κ2) is 5.02. The lowest BCUT2D eigenvalue weighted by Gasteiger charge is -2.01. The van der Waals surface area contributed by atoms with Gasteiger partial charge in [-0.05, 0) is 18.4 Å². The van der Waals surface area contributed by atoms with Crippen LogP contribution in [0.3, 0.4) is 0 Å². The number of rotatable bonds is 4. The van der Waals surface area contributed by atoms with Gasteiger partial charge in [0, 0.05) is 0 Å². The Labute approximate surface area is 76.4 Å². The lowest BCUT2D eigenvalue weighted by atomic mass is 9.93. The zero-order valence-corrected chi connectivity index (χ0v) is 7.72. The summed E-state index contributed by atoms with van der Waals surface area (Å²) < 4.78 is 0. The number of aryl methyl sites for hydroxylation is 1. The Morgan fingerprint density at radius 2 is 2.08 bits per heavy atom. The molecule has 1 aromatic rings. The average molecular weight is 158 g/mol. The third-order valence-corrected chi connectivity index (χ3v) is 2.02. The number of hydrogen-bond acceptors (Lipinski definition) is 0. The molecule has 0 amide bonds. The van der Waals surface area contributed by atoms with E-state index in [1.165, 1.54) is 31.2 Å². The molecule has 0 aromatic heterocycles. The molecule has 0 heterocycles.